The first-order chi connectivity index (χ1) is 10.2. The van der Waals surface area contributed by atoms with Crippen molar-refractivity contribution in [2.24, 2.45) is 0 Å². The Labute approximate surface area is 137 Å². The van der Waals surface area contributed by atoms with E-state index in [9.17, 15) is 4.79 Å². The summed E-state index contributed by atoms with van der Waals surface area (Å²) >= 11 is 5.08. The SMILES string of the molecule is O=C(NCC[C@@H](CCO)c1cccs1)c1ccccc1Br. The van der Waals surface area contributed by atoms with Crippen LogP contribution in [0.3, 0.4) is 0 Å². The number of thiophene rings is 1. The number of aliphatic hydroxyl groups is 1. The number of benzene rings is 1. The fraction of sp³-hybridized carbons (Fsp3) is 0.312. The average molecular weight is 368 g/mol. The van der Waals surface area contributed by atoms with E-state index in [0.29, 0.717) is 18.0 Å². The van der Waals surface area contributed by atoms with Gasteiger partial charge < -0.3 is 10.4 Å². The summed E-state index contributed by atoms with van der Waals surface area (Å²) in [7, 11) is 0. The number of nitrogens with one attached hydrogen (secondary N) is 1. The average Bonchev–Trinajstić information content (AvgIpc) is 3.01. The third-order valence-corrected chi connectivity index (χ3v) is 5.05. The fourth-order valence-corrected chi connectivity index (χ4v) is 3.57. The van der Waals surface area contributed by atoms with Gasteiger partial charge in [0.05, 0.1) is 5.56 Å². The number of amides is 1. The highest BCUT2D eigenvalue weighted by Gasteiger charge is 2.14. The van der Waals surface area contributed by atoms with Gasteiger partial charge in [-0.2, -0.15) is 0 Å². The van der Waals surface area contributed by atoms with Crippen molar-refractivity contribution in [2.75, 3.05) is 13.2 Å². The van der Waals surface area contributed by atoms with Crippen LogP contribution in [-0.4, -0.2) is 24.2 Å². The van der Waals surface area contributed by atoms with Crippen LogP contribution in [0.5, 0.6) is 0 Å². The minimum absolute atomic E-state index is 0.0728. The normalized spacial score (nSPS) is 12.1. The van der Waals surface area contributed by atoms with Crippen LogP contribution >= 0.6 is 27.3 Å². The zero-order chi connectivity index (χ0) is 15.1. The molecule has 0 fully saturated rings. The van der Waals surface area contributed by atoms with Crippen LogP contribution in [0.2, 0.25) is 0 Å². The van der Waals surface area contributed by atoms with Gasteiger partial charge in [-0.05, 0) is 58.3 Å². The highest BCUT2D eigenvalue weighted by Crippen LogP contribution is 2.27. The van der Waals surface area contributed by atoms with E-state index in [1.54, 1.807) is 17.4 Å². The summed E-state index contributed by atoms with van der Waals surface area (Å²) in [5, 5.41) is 14.2. The molecule has 2 aromatic rings. The van der Waals surface area contributed by atoms with Crippen LogP contribution in [0.15, 0.2) is 46.3 Å². The van der Waals surface area contributed by atoms with Gasteiger partial charge in [-0.1, -0.05) is 18.2 Å². The van der Waals surface area contributed by atoms with Gasteiger partial charge in [-0.3, -0.25) is 4.79 Å². The first-order valence-electron chi connectivity index (χ1n) is 6.89. The third kappa shape index (κ3) is 4.66. The Morgan fingerprint density at radius 2 is 2.05 bits per heavy atom. The van der Waals surface area contributed by atoms with Crippen molar-refractivity contribution in [2.45, 2.75) is 18.8 Å². The molecule has 1 heterocycles. The predicted octanol–water partition coefficient (Wildman–Crippen LogP) is 3.80. The third-order valence-electron chi connectivity index (χ3n) is 3.32. The van der Waals surface area contributed by atoms with Crippen molar-refractivity contribution in [3.8, 4) is 0 Å². The molecule has 2 N–H and O–H groups in total. The lowest BCUT2D eigenvalue weighted by Gasteiger charge is -2.14. The van der Waals surface area contributed by atoms with Crippen molar-refractivity contribution in [1.82, 2.24) is 5.32 Å². The molecule has 0 aliphatic rings. The fourth-order valence-electron chi connectivity index (χ4n) is 2.21. The van der Waals surface area contributed by atoms with Crippen LogP contribution in [0.4, 0.5) is 0 Å². The van der Waals surface area contributed by atoms with Gasteiger partial charge in [-0.25, -0.2) is 0 Å². The molecule has 5 heteroatoms. The lowest BCUT2D eigenvalue weighted by molar-refractivity contribution is 0.0951. The lowest BCUT2D eigenvalue weighted by atomic mass is 10.00. The van der Waals surface area contributed by atoms with Crippen molar-refractivity contribution in [3.05, 3.63) is 56.7 Å². The van der Waals surface area contributed by atoms with Crippen LogP contribution in [0.25, 0.3) is 0 Å². The molecular weight excluding hydrogens is 350 g/mol. The molecule has 0 spiro atoms. The second-order valence-electron chi connectivity index (χ2n) is 4.75. The summed E-state index contributed by atoms with van der Waals surface area (Å²) in [5.74, 6) is 0.228. The largest absolute Gasteiger partial charge is 0.396 e. The molecule has 0 radical (unpaired) electrons. The quantitative estimate of drug-likeness (QED) is 0.781. The highest BCUT2D eigenvalue weighted by atomic mass is 79.9. The topological polar surface area (TPSA) is 49.3 Å². The number of rotatable bonds is 7. The molecule has 112 valence electrons. The summed E-state index contributed by atoms with van der Waals surface area (Å²) in [5.41, 5.74) is 0.646. The second kappa shape index (κ2) is 8.32. The van der Waals surface area contributed by atoms with Gasteiger partial charge in [0, 0.05) is 22.5 Å². The molecule has 0 unspecified atom stereocenters. The second-order valence-corrected chi connectivity index (χ2v) is 6.58. The lowest BCUT2D eigenvalue weighted by Crippen LogP contribution is -2.26. The van der Waals surface area contributed by atoms with E-state index in [1.165, 1.54) is 4.88 Å². The Kier molecular flexibility index (Phi) is 6.42. The van der Waals surface area contributed by atoms with Crippen LogP contribution in [0.1, 0.15) is 34.0 Å². The molecule has 0 saturated heterocycles. The van der Waals surface area contributed by atoms with Crippen molar-refractivity contribution >= 4 is 33.2 Å². The summed E-state index contributed by atoms with van der Waals surface area (Å²) in [4.78, 5) is 13.4. The molecule has 0 aliphatic carbocycles. The van der Waals surface area contributed by atoms with Gasteiger partial charge >= 0.3 is 0 Å². The monoisotopic (exact) mass is 367 g/mol. The predicted molar refractivity (Wildman–Crippen MR) is 89.9 cm³/mol. The zero-order valence-corrected chi connectivity index (χ0v) is 14.0. The minimum Gasteiger partial charge on any atom is -0.396 e. The Balaban J connectivity index is 1.88. The van der Waals surface area contributed by atoms with Crippen LogP contribution in [0, 0.1) is 0 Å². The maximum absolute atomic E-state index is 12.1. The number of hydrogen-bond donors (Lipinski definition) is 2. The maximum Gasteiger partial charge on any atom is 0.252 e. The van der Waals surface area contributed by atoms with Gasteiger partial charge in [0.1, 0.15) is 0 Å². The van der Waals surface area contributed by atoms with E-state index in [1.807, 2.05) is 29.6 Å². The molecule has 21 heavy (non-hydrogen) atoms. The Hall–Kier alpha value is -1.17. The van der Waals surface area contributed by atoms with E-state index in [-0.39, 0.29) is 12.5 Å². The van der Waals surface area contributed by atoms with E-state index in [0.717, 1.165) is 17.3 Å². The van der Waals surface area contributed by atoms with Crippen molar-refractivity contribution in [1.29, 1.82) is 0 Å². The van der Waals surface area contributed by atoms with Gasteiger partial charge in [0.15, 0.2) is 0 Å². The number of halogens is 1. The molecule has 1 amide bonds. The number of aliphatic hydroxyl groups excluding tert-OH is 1. The van der Waals surface area contributed by atoms with E-state index < -0.39 is 0 Å². The number of carbonyl (C=O) groups is 1. The Bertz CT molecular complexity index is 571. The van der Waals surface area contributed by atoms with Crippen molar-refractivity contribution < 1.29 is 9.90 Å². The Morgan fingerprint density at radius 3 is 2.71 bits per heavy atom. The van der Waals surface area contributed by atoms with Gasteiger partial charge in [0.2, 0.25) is 0 Å². The summed E-state index contributed by atoms with van der Waals surface area (Å²) < 4.78 is 0.799. The molecule has 0 aliphatic heterocycles. The first-order valence-corrected chi connectivity index (χ1v) is 8.56. The molecule has 1 atom stereocenters. The molecule has 2 rings (SSSR count). The summed E-state index contributed by atoms with van der Waals surface area (Å²) in [6, 6.07) is 11.5. The smallest absolute Gasteiger partial charge is 0.252 e. The minimum atomic E-state index is -0.0728. The van der Waals surface area contributed by atoms with E-state index >= 15 is 0 Å². The number of hydrogen-bond acceptors (Lipinski definition) is 3. The molecule has 1 aromatic heterocycles. The van der Waals surface area contributed by atoms with Crippen LogP contribution in [-0.2, 0) is 0 Å². The highest BCUT2D eigenvalue weighted by molar-refractivity contribution is 9.10. The zero-order valence-electron chi connectivity index (χ0n) is 11.6. The van der Waals surface area contributed by atoms with Gasteiger partial charge in [0.25, 0.3) is 5.91 Å². The molecule has 0 bridgehead atoms. The molecular formula is C16H18BrNO2S. The molecule has 3 nitrogen and oxygen atoms in total. The Morgan fingerprint density at radius 1 is 1.24 bits per heavy atom. The molecule has 0 saturated carbocycles. The number of carbonyl (C=O) groups excluding carboxylic acids is 1. The van der Waals surface area contributed by atoms with E-state index in [4.69, 9.17) is 5.11 Å². The van der Waals surface area contributed by atoms with Gasteiger partial charge in [-0.15, -0.1) is 11.3 Å². The van der Waals surface area contributed by atoms with Crippen molar-refractivity contribution in [3.63, 3.8) is 0 Å². The van der Waals surface area contributed by atoms with Crippen LogP contribution < -0.4 is 5.32 Å². The molecule has 1 aromatic carbocycles. The summed E-state index contributed by atoms with van der Waals surface area (Å²) in [6.45, 7) is 0.767. The van der Waals surface area contributed by atoms with E-state index in [2.05, 4.69) is 27.3 Å². The summed E-state index contributed by atoms with van der Waals surface area (Å²) in [6.07, 6.45) is 1.56. The standard InChI is InChI=1S/C16H18BrNO2S/c17-14-5-2-1-4-13(14)16(20)18-9-7-12(8-10-19)15-6-3-11-21-15/h1-6,11-12,19H,7-10H2,(H,18,20)/t12-/m0/s1. The maximum atomic E-state index is 12.1. The first kappa shape index (κ1) is 16.2.